The molecule has 83 heavy (non-hydrogen) atoms. The van der Waals surface area contributed by atoms with Crippen molar-refractivity contribution in [2.75, 3.05) is 13.2 Å². The minimum Gasteiger partial charge on any atom is -0.462 e. The van der Waals surface area contributed by atoms with Crippen molar-refractivity contribution in [1.82, 2.24) is 0 Å². The molecule has 0 saturated heterocycles. The second-order valence-corrected chi connectivity index (χ2v) is 22.7. The van der Waals surface area contributed by atoms with Crippen LogP contribution in [-0.4, -0.2) is 37.2 Å². The maximum atomic E-state index is 12.9. The summed E-state index contributed by atoms with van der Waals surface area (Å²) in [4.78, 5) is 38.4. The fourth-order valence-corrected chi connectivity index (χ4v) is 9.53. The van der Waals surface area contributed by atoms with Gasteiger partial charge in [-0.3, -0.25) is 14.4 Å². The Morgan fingerprint density at radius 3 is 0.735 bits per heavy atom. The lowest BCUT2D eigenvalue weighted by Crippen LogP contribution is -2.30. The zero-order chi connectivity index (χ0) is 59.9. The van der Waals surface area contributed by atoms with E-state index in [9.17, 15) is 14.4 Å². The molecule has 0 aliphatic rings. The Bertz CT molecular complexity index is 1750. The second-order valence-electron chi connectivity index (χ2n) is 22.7. The summed E-state index contributed by atoms with van der Waals surface area (Å²) >= 11 is 0. The lowest BCUT2D eigenvalue weighted by Gasteiger charge is -2.18. The summed E-state index contributed by atoms with van der Waals surface area (Å²) in [5.41, 5.74) is 0. The Kier molecular flexibility index (Phi) is 66.3. The van der Waals surface area contributed by atoms with Crippen molar-refractivity contribution in [2.45, 2.75) is 322 Å². The molecule has 1 atom stereocenters. The van der Waals surface area contributed by atoms with Crippen molar-refractivity contribution >= 4 is 17.9 Å². The number of hydrogen-bond donors (Lipinski definition) is 0. The highest BCUT2D eigenvalue weighted by molar-refractivity contribution is 5.71. The van der Waals surface area contributed by atoms with Crippen molar-refractivity contribution in [3.63, 3.8) is 0 Å². The lowest BCUT2D eigenvalue weighted by molar-refractivity contribution is -0.167. The van der Waals surface area contributed by atoms with E-state index in [0.29, 0.717) is 19.3 Å². The summed E-state index contributed by atoms with van der Waals surface area (Å²) in [6.07, 6.45) is 99.0. The predicted molar refractivity (Wildman–Crippen MR) is 362 cm³/mol. The predicted octanol–water partition coefficient (Wildman–Crippen LogP) is 24.1. The molecule has 0 spiro atoms. The quantitative estimate of drug-likeness (QED) is 0.0261. The summed E-state index contributed by atoms with van der Waals surface area (Å²) in [5.74, 6) is -0.886. The summed E-state index contributed by atoms with van der Waals surface area (Å²) in [6, 6.07) is 0. The third-order valence-electron chi connectivity index (χ3n) is 14.7. The van der Waals surface area contributed by atoms with Gasteiger partial charge in [-0.2, -0.15) is 0 Å². The van der Waals surface area contributed by atoms with Gasteiger partial charge in [0.15, 0.2) is 6.10 Å². The number of carbonyl (C=O) groups excluding carboxylic acids is 3. The number of ether oxygens (including phenoxy) is 3. The summed E-state index contributed by atoms with van der Waals surface area (Å²) in [6.45, 7) is 6.42. The summed E-state index contributed by atoms with van der Waals surface area (Å²) in [5, 5.41) is 0. The van der Waals surface area contributed by atoms with Crippen LogP contribution in [0, 0.1) is 0 Å². The van der Waals surface area contributed by atoms with Gasteiger partial charge in [0.1, 0.15) is 13.2 Å². The van der Waals surface area contributed by atoms with Crippen LogP contribution in [0.3, 0.4) is 0 Å². The second kappa shape index (κ2) is 70.0. The molecule has 0 saturated carbocycles. The van der Waals surface area contributed by atoms with E-state index in [2.05, 4.69) is 154 Å². The largest absolute Gasteiger partial charge is 0.462 e. The van der Waals surface area contributed by atoms with E-state index in [4.69, 9.17) is 14.2 Å². The first-order valence-corrected chi connectivity index (χ1v) is 34.7. The van der Waals surface area contributed by atoms with Gasteiger partial charge in [-0.1, -0.05) is 315 Å². The molecule has 0 aliphatic carbocycles. The van der Waals surface area contributed by atoms with Crippen LogP contribution in [0.15, 0.2) is 134 Å². The van der Waals surface area contributed by atoms with E-state index in [-0.39, 0.29) is 31.1 Å². The average molecular weight is 1150 g/mol. The van der Waals surface area contributed by atoms with Crippen LogP contribution in [0.2, 0.25) is 0 Å². The minimum atomic E-state index is -0.787. The molecule has 0 fully saturated rings. The number of rotatable bonds is 62. The van der Waals surface area contributed by atoms with Crippen molar-refractivity contribution in [2.24, 2.45) is 0 Å². The van der Waals surface area contributed by atoms with E-state index >= 15 is 0 Å². The van der Waals surface area contributed by atoms with E-state index in [1.165, 1.54) is 141 Å². The van der Waals surface area contributed by atoms with Crippen LogP contribution in [0.1, 0.15) is 316 Å². The van der Waals surface area contributed by atoms with Gasteiger partial charge < -0.3 is 14.2 Å². The maximum Gasteiger partial charge on any atom is 0.306 e. The molecule has 0 radical (unpaired) electrons. The fraction of sp³-hybridized carbons (Fsp3) is 0.675. The average Bonchev–Trinajstić information content (AvgIpc) is 3.48. The van der Waals surface area contributed by atoms with Gasteiger partial charge in [0.05, 0.1) is 0 Å². The van der Waals surface area contributed by atoms with Crippen LogP contribution in [-0.2, 0) is 28.6 Å². The van der Waals surface area contributed by atoms with Crippen LogP contribution in [0.5, 0.6) is 0 Å². The highest BCUT2D eigenvalue weighted by atomic mass is 16.6. The Hall–Kier alpha value is -4.45. The zero-order valence-electron chi connectivity index (χ0n) is 54.2. The molecular formula is C77H128O6. The smallest absolute Gasteiger partial charge is 0.306 e. The zero-order valence-corrected chi connectivity index (χ0v) is 54.2. The first kappa shape index (κ1) is 78.5. The number of allylic oxidation sites excluding steroid dienone is 22. The van der Waals surface area contributed by atoms with E-state index in [1.807, 2.05) is 0 Å². The Balaban J connectivity index is 4.29. The third-order valence-corrected chi connectivity index (χ3v) is 14.7. The van der Waals surface area contributed by atoms with Gasteiger partial charge in [-0.05, 0) is 116 Å². The molecule has 0 aliphatic heterocycles. The Morgan fingerprint density at radius 2 is 0.470 bits per heavy atom. The number of esters is 3. The normalized spacial score (nSPS) is 13.0. The lowest BCUT2D eigenvalue weighted by atomic mass is 10.0. The fourth-order valence-electron chi connectivity index (χ4n) is 9.53. The van der Waals surface area contributed by atoms with Gasteiger partial charge in [0, 0.05) is 19.3 Å². The summed E-state index contributed by atoms with van der Waals surface area (Å²) < 4.78 is 17.0. The Labute approximate surface area is 513 Å². The minimum absolute atomic E-state index is 0.0818. The van der Waals surface area contributed by atoms with E-state index in [0.717, 1.165) is 135 Å². The van der Waals surface area contributed by atoms with Crippen molar-refractivity contribution in [3.8, 4) is 0 Å². The first-order valence-electron chi connectivity index (χ1n) is 34.7. The van der Waals surface area contributed by atoms with E-state index < -0.39 is 6.10 Å². The topological polar surface area (TPSA) is 78.9 Å². The third kappa shape index (κ3) is 68.2. The molecule has 1 unspecified atom stereocenters. The molecule has 0 aromatic rings. The van der Waals surface area contributed by atoms with Crippen molar-refractivity contribution < 1.29 is 28.6 Å². The van der Waals surface area contributed by atoms with E-state index in [1.54, 1.807) is 0 Å². The molecule has 472 valence electrons. The monoisotopic (exact) mass is 1150 g/mol. The molecule has 0 N–H and O–H groups in total. The molecule has 0 bridgehead atoms. The highest BCUT2D eigenvalue weighted by Crippen LogP contribution is 2.16. The van der Waals surface area contributed by atoms with Crippen molar-refractivity contribution in [3.05, 3.63) is 134 Å². The maximum absolute atomic E-state index is 12.9. The molecule has 0 heterocycles. The SMILES string of the molecule is CC/C=C\C/C=C\C/C=C\C/C=C\C/C=C\C/C=C\CCCCCCCCCCC(=O)OCC(COC(=O)CCCCCCCCCCCCC)OC(=O)CCCCCCCCCCCCC/C=C\C/C=C\C/C=C\C/C=C\C/C=C\CC. The van der Waals surface area contributed by atoms with Crippen LogP contribution >= 0.6 is 0 Å². The molecule has 0 amide bonds. The molecule has 0 aromatic carbocycles. The van der Waals surface area contributed by atoms with Gasteiger partial charge in [-0.25, -0.2) is 0 Å². The van der Waals surface area contributed by atoms with Gasteiger partial charge in [-0.15, -0.1) is 0 Å². The molecular weight excluding hydrogens is 1020 g/mol. The van der Waals surface area contributed by atoms with Crippen LogP contribution in [0.25, 0.3) is 0 Å². The van der Waals surface area contributed by atoms with Crippen molar-refractivity contribution in [1.29, 1.82) is 0 Å². The summed E-state index contributed by atoms with van der Waals surface area (Å²) in [7, 11) is 0. The number of hydrogen-bond acceptors (Lipinski definition) is 6. The van der Waals surface area contributed by atoms with Gasteiger partial charge in [0.2, 0.25) is 0 Å². The van der Waals surface area contributed by atoms with Gasteiger partial charge in [0.25, 0.3) is 0 Å². The molecule has 0 aromatic heterocycles. The highest BCUT2D eigenvalue weighted by Gasteiger charge is 2.19. The molecule has 0 rings (SSSR count). The van der Waals surface area contributed by atoms with Crippen LogP contribution in [0.4, 0.5) is 0 Å². The number of carbonyl (C=O) groups is 3. The first-order chi connectivity index (χ1) is 41.0. The van der Waals surface area contributed by atoms with Gasteiger partial charge >= 0.3 is 17.9 Å². The number of unbranched alkanes of at least 4 members (excludes halogenated alkanes) is 29. The Morgan fingerprint density at radius 1 is 0.253 bits per heavy atom. The van der Waals surface area contributed by atoms with Crippen LogP contribution < -0.4 is 0 Å². The molecule has 6 heteroatoms. The standard InChI is InChI=1S/C77H128O6/c1-4-7-10-13-16-19-22-24-26-28-30-32-34-36-38-40-42-44-46-48-50-52-55-58-61-64-67-70-76(79)82-73-74(72-81-75(78)69-66-63-60-57-54-21-18-15-12-9-6-3)83-77(80)71-68-65-62-59-56-53-51-49-47-45-43-41-39-37-35-33-31-29-27-25-23-20-17-14-11-8-5-2/h7-8,10-11,16-17,19-20,24-27,30-33,36-39,42,44,74H,4-6,9,12-15,18,21-23,28-29,34-35,40-41,43,45-73H2,1-3H3/b10-7-,11-8-,19-16-,20-17-,26-24-,27-25-,32-30-,33-31-,38-36-,39-37-,44-42-. The molecule has 6 nitrogen and oxygen atoms in total.